The zero-order chi connectivity index (χ0) is 14.6. The molecule has 0 radical (unpaired) electrons. The molecule has 0 aliphatic heterocycles. The van der Waals surface area contributed by atoms with Crippen molar-refractivity contribution in [2.24, 2.45) is 0 Å². The van der Waals surface area contributed by atoms with Gasteiger partial charge in [0.1, 0.15) is 0 Å². The van der Waals surface area contributed by atoms with Gasteiger partial charge in [-0.1, -0.05) is 15.9 Å². The van der Waals surface area contributed by atoms with Crippen molar-refractivity contribution >= 4 is 21.6 Å². The summed E-state index contributed by atoms with van der Waals surface area (Å²) in [7, 11) is 0. The molecule has 0 saturated heterocycles. The molecule has 0 aliphatic rings. The molecule has 9 heteroatoms. The standard InChI is InChI=1S/C10H10BrF3N2O3/c11-8-3-7(16(18)19)2-1-6(8)4-15-5-9(17)10(12,13)14/h1-3,9,15,17H,4-5H2. The summed E-state index contributed by atoms with van der Waals surface area (Å²) in [6.45, 7) is -0.599. The number of halogens is 4. The zero-order valence-corrected chi connectivity index (χ0v) is 11.0. The van der Waals surface area contributed by atoms with Crippen molar-refractivity contribution in [2.45, 2.75) is 18.8 Å². The Morgan fingerprint density at radius 1 is 1.47 bits per heavy atom. The van der Waals surface area contributed by atoms with E-state index in [9.17, 15) is 23.3 Å². The van der Waals surface area contributed by atoms with Crippen LogP contribution >= 0.6 is 15.9 Å². The summed E-state index contributed by atoms with van der Waals surface area (Å²) >= 11 is 3.09. The fourth-order valence-corrected chi connectivity index (χ4v) is 1.76. The highest BCUT2D eigenvalue weighted by molar-refractivity contribution is 9.10. The maximum absolute atomic E-state index is 12.0. The fourth-order valence-electron chi connectivity index (χ4n) is 1.25. The molecule has 0 spiro atoms. The van der Waals surface area contributed by atoms with Crippen LogP contribution in [0.3, 0.4) is 0 Å². The van der Waals surface area contributed by atoms with E-state index in [0.717, 1.165) is 0 Å². The average Bonchev–Trinajstić information content (AvgIpc) is 2.29. The normalized spacial score (nSPS) is 13.3. The van der Waals surface area contributed by atoms with Crippen molar-refractivity contribution < 1.29 is 23.2 Å². The monoisotopic (exact) mass is 342 g/mol. The van der Waals surface area contributed by atoms with Gasteiger partial charge in [0.05, 0.1) is 4.92 Å². The van der Waals surface area contributed by atoms with Gasteiger partial charge in [-0.25, -0.2) is 0 Å². The predicted octanol–water partition coefficient (Wildman–Crippen LogP) is 2.37. The molecule has 0 heterocycles. The second-order valence-electron chi connectivity index (χ2n) is 3.72. The molecular formula is C10H10BrF3N2O3. The van der Waals surface area contributed by atoms with Gasteiger partial charge in [-0.15, -0.1) is 0 Å². The van der Waals surface area contributed by atoms with Gasteiger partial charge in [0, 0.05) is 29.7 Å². The number of nitrogens with zero attached hydrogens (tertiary/aromatic N) is 1. The number of non-ortho nitro benzene ring substituents is 1. The number of hydrogen-bond acceptors (Lipinski definition) is 4. The molecule has 0 aliphatic carbocycles. The van der Waals surface area contributed by atoms with Gasteiger partial charge >= 0.3 is 6.18 Å². The highest BCUT2D eigenvalue weighted by Crippen LogP contribution is 2.23. The zero-order valence-electron chi connectivity index (χ0n) is 9.45. The molecule has 1 aromatic rings. The SMILES string of the molecule is O=[N+]([O-])c1ccc(CNCC(O)C(F)(F)F)c(Br)c1. The second-order valence-corrected chi connectivity index (χ2v) is 4.58. The highest BCUT2D eigenvalue weighted by atomic mass is 79.9. The number of hydrogen-bond donors (Lipinski definition) is 2. The van der Waals surface area contributed by atoms with Crippen molar-refractivity contribution in [3.8, 4) is 0 Å². The topological polar surface area (TPSA) is 75.4 Å². The molecule has 0 amide bonds. The first-order chi connectivity index (χ1) is 8.71. The van der Waals surface area contributed by atoms with Gasteiger partial charge in [-0.2, -0.15) is 13.2 Å². The van der Waals surface area contributed by atoms with Gasteiger partial charge in [0.25, 0.3) is 5.69 Å². The summed E-state index contributed by atoms with van der Waals surface area (Å²) in [6, 6.07) is 3.94. The second kappa shape index (κ2) is 6.31. The Balaban J connectivity index is 2.57. The maximum atomic E-state index is 12.0. The molecule has 0 aromatic heterocycles. The number of rotatable bonds is 5. The van der Waals surface area contributed by atoms with Crippen molar-refractivity contribution in [1.82, 2.24) is 5.32 Å². The number of nitro benzene ring substituents is 1. The lowest BCUT2D eigenvalue weighted by Gasteiger charge is -2.15. The lowest BCUT2D eigenvalue weighted by Crippen LogP contribution is -2.38. The number of aliphatic hydroxyl groups excluding tert-OH is 1. The van der Waals surface area contributed by atoms with E-state index in [1.165, 1.54) is 18.2 Å². The van der Waals surface area contributed by atoms with E-state index in [1.807, 2.05) is 0 Å². The number of nitrogens with one attached hydrogen (secondary N) is 1. The molecule has 1 rings (SSSR count). The number of nitro groups is 1. The van der Waals surface area contributed by atoms with Crippen LogP contribution in [0.1, 0.15) is 5.56 Å². The van der Waals surface area contributed by atoms with Crippen LogP contribution in [0.15, 0.2) is 22.7 Å². The third-order valence-electron chi connectivity index (χ3n) is 2.28. The minimum absolute atomic E-state index is 0.0473. The van der Waals surface area contributed by atoms with Gasteiger partial charge in [0.2, 0.25) is 0 Å². The Morgan fingerprint density at radius 2 is 2.11 bits per heavy atom. The Hall–Kier alpha value is -1.19. The largest absolute Gasteiger partial charge is 0.415 e. The molecule has 19 heavy (non-hydrogen) atoms. The third-order valence-corrected chi connectivity index (χ3v) is 3.02. The fraction of sp³-hybridized carbons (Fsp3) is 0.400. The number of alkyl halides is 3. The minimum Gasteiger partial charge on any atom is -0.382 e. The molecule has 0 fully saturated rings. The average molecular weight is 343 g/mol. The Kier molecular flexibility index (Phi) is 5.27. The van der Waals surface area contributed by atoms with E-state index < -0.39 is 23.7 Å². The molecule has 0 bridgehead atoms. The van der Waals surface area contributed by atoms with Crippen LogP contribution in [0.4, 0.5) is 18.9 Å². The summed E-state index contributed by atoms with van der Waals surface area (Å²) in [5, 5.41) is 21.7. The van der Waals surface area contributed by atoms with Crippen molar-refractivity contribution in [2.75, 3.05) is 6.54 Å². The lowest BCUT2D eigenvalue weighted by molar-refractivity contribution is -0.384. The summed E-state index contributed by atoms with van der Waals surface area (Å²) in [5.74, 6) is 0. The van der Waals surface area contributed by atoms with Crippen molar-refractivity contribution in [3.05, 3.63) is 38.3 Å². The summed E-state index contributed by atoms with van der Waals surface area (Å²) < 4.78 is 36.5. The molecule has 2 N–H and O–H groups in total. The van der Waals surface area contributed by atoms with E-state index in [0.29, 0.717) is 10.0 Å². The quantitative estimate of drug-likeness (QED) is 0.636. The highest BCUT2D eigenvalue weighted by Gasteiger charge is 2.37. The van der Waals surface area contributed by atoms with Crippen LogP contribution in [0, 0.1) is 10.1 Å². The first kappa shape index (κ1) is 15.9. The molecule has 0 saturated carbocycles. The number of aliphatic hydroxyl groups is 1. The van der Waals surface area contributed by atoms with Crippen molar-refractivity contribution in [1.29, 1.82) is 0 Å². The van der Waals surface area contributed by atoms with E-state index in [1.54, 1.807) is 0 Å². The molecule has 5 nitrogen and oxygen atoms in total. The summed E-state index contributed by atoms with van der Waals surface area (Å²) in [6.07, 6.45) is -7.11. The van der Waals surface area contributed by atoms with Crippen LogP contribution in [0.5, 0.6) is 0 Å². The summed E-state index contributed by atoms with van der Waals surface area (Å²) in [5.41, 5.74) is 0.436. The van der Waals surface area contributed by atoms with Crippen molar-refractivity contribution in [3.63, 3.8) is 0 Å². The van der Waals surface area contributed by atoms with Gasteiger partial charge in [-0.3, -0.25) is 10.1 Å². The molecule has 1 atom stereocenters. The predicted molar refractivity (Wildman–Crippen MR) is 64.6 cm³/mol. The number of benzene rings is 1. The first-order valence-corrected chi connectivity index (χ1v) is 5.89. The molecule has 1 unspecified atom stereocenters. The van der Waals surface area contributed by atoms with Gasteiger partial charge in [0.15, 0.2) is 6.10 Å². The van der Waals surface area contributed by atoms with Crippen LogP contribution < -0.4 is 5.32 Å². The van der Waals surface area contributed by atoms with E-state index >= 15 is 0 Å². The Labute approximate surface area is 114 Å². The minimum atomic E-state index is -4.67. The van der Waals surface area contributed by atoms with Gasteiger partial charge < -0.3 is 10.4 Å². The summed E-state index contributed by atoms with van der Waals surface area (Å²) in [4.78, 5) is 9.92. The first-order valence-electron chi connectivity index (χ1n) is 5.10. The van der Waals surface area contributed by atoms with Crippen LogP contribution in [0.2, 0.25) is 0 Å². The molecular weight excluding hydrogens is 333 g/mol. The Bertz CT molecular complexity index is 468. The van der Waals surface area contributed by atoms with E-state index in [4.69, 9.17) is 5.11 Å². The third kappa shape index (κ3) is 4.77. The molecule has 1 aromatic carbocycles. The van der Waals surface area contributed by atoms with E-state index in [-0.39, 0.29) is 12.2 Å². The van der Waals surface area contributed by atoms with E-state index in [2.05, 4.69) is 21.2 Å². The van der Waals surface area contributed by atoms with Crippen LogP contribution in [-0.4, -0.2) is 28.9 Å². The lowest BCUT2D eigenvalue weighted by atomic mass is 10.2. The van der Waals surface area contributed by atoms with Crippen LogP contribution in [-0.2, 0) is 6.54 Å². The smallest absolute Gasteiger partial charge is 0.382 e. The Morgan fingerprint density at radius 3 is 2.58 bits per heavy atom. The van der Waals surface area contributed by atoms with Crippen LogP contribution in [0.25, 0.3) is 0 Å². The van der Waals surface area contributed by atoms with Gasteiger partial charge in [-0.05, 0) is 11.6 Å². The molecule has 106 valence electrons. The maximum Gasteiger partial charge on any atom is 0.415 e.